The minimum Gasteiger partial charge on any atom is -0.356 e. The Morgan fingerprint density at radius 1 is 1.26 bits per heavy atom. The molecule has 1 N–H and O–H groups in total. The molecule has 1 saturated heterocycles. The van der Waals surface area contributed by atoms with E-state index < -0.39 is 0 Å². The SMILES string of the molecule is CCC1CCCN(c2ccnc(Nc3cnn(C)c3)n2)CCC1. The van der Waals surface area contributed by atoms with E-state index in [0.29, 0.717) is 5.95 Å². The maximum atomic E-state index is 4.68. The number of anilines is 3. The van der Waals surface area contributed by atoms with Gasteiger partial charge in [0.15, 0.2) is 0 Å². The summed E-state index contributed by atoms with van der Waals surface area (Å²) in [5, 5.41) is 7.37. The first-order chi connectivity index (χ1) is 11.2. The molecule has 0 atom stereocenters. The van der Waals surface area contributed by atoms with Crippen LogP contribution in [0.5, 0.6) is 0 Å². The predicted octanol–water partition coefficient (Wildman–Crippen LogP) is 3.36. The molecule has 124 valence electrons. The highest BCUT2D eigenvalue weighted by atomic mass is 15.3. The molecule has 0 aliphatic carbocycles. The molecule has 0 spiro atoms. The summed E-state index contributed by atoms with van der Waals surface area (Å²) in [6, 6.07) is 2.01. The first kappa shape index (κ1) is 15.8. The van der Waals surface area contributed by atoms with E-state index in [-0.39, 0.29) is 0 Å². The van der Waals surface area contributed by atoms with Crippen LogP contribution < -0.4 is 10.2 Å². The lowest BCUT2D eigenvalue weighted by molar-refractivity contribution is 0.393. The van der Waals surface area contributed by atoms with Crippen molar-refractivity contribution in [3.63, 3.8) is 0 Å². The highest BCUT2D eigenvalue weighted by Crippen LogP contribution is 2.23. The van der Waals surface area contributed by atoms with Crippen LogP contribution in [0.25, 0.3) is 0 Å². The Labute approximate surface area is 137 Å². The standard InChI is InChI=1S/C17H26N6/c1-3-14-6-4-10-23(11-5-7-14)16-8-9-18-17(21-16)20-15-12-19-22(2)13-15/h8-9,12-14H,3-7,10-11H2,1-2H3,(H,18,20,21). The van der Waals surface area contributed by atoms with Crippen LogP contribution in [0.15, 0.2) is 24.7 Å². The van der Waals surface area contributed by atoms with Crippen LogP contribution in [0.4, 0.5) is 17.5 Å². The Balaban J connectivity index is 1.66. The van der Waals surface area contributed by atoms with E-state index in [1.54, 1.807) is 10.9 Å². The Morgan fingerprint density at radius 3 is 2.70 bits per heavy atom. The van der Waals surface area contributed by atoms with Crippen molar-refractivity contribution < 1.29 is 0 Å². The summed E-state index contributed by atoms with van der Waals surface area (Å²) in [5.41, 5.74) is 0.906. The third-order valence-corrected chi connectivity index (χ3v) is 4.58. The maximum Gasteiger partial charge on any atom is 0.229 e. The topological polar surface area (TPSA) is 58.9 Å². The molecule has 2 aromatic rings. The minimum absolute atomic E-state index is 0.629. The average molecular weight is 314 g/mol. The largest absolute Gasteiger partial charge is 0.356 e. The van der Waals surface area contributed by atoms with Gasteiger partial charge in [0.1, 0.15) is 5.82 Å². The van der Waals surface area contributed by atoms with Crippen LogP contribution in [0.3, 0.4) is 0 Å². The lowest BCUT2D eigenvalue weighted by Crippen LogP contribution is -2.29. The minimum atomic E-state index is 0.629. The van der Waals surface area contributed by atoms with Crippen LogP contribution >= 0.6 is 0 Å². The highest BCUT2D eigenvalue weighted by molar-refractivity contribution is 5.52. The van der Waals surface area contributed by atoms with Crippen molar-refractivity contribution in [1.82, 2.24) is 19.7 Å². The summed E-state index contributed by atoms with van der Waals surface area (Å²) >= 11 is 0. The molecule has 0 saturated carbocycles. The van der Waals surface area contributed by atoms with E-state index in [4.69, 9.17) is 0 Å². The number of rotatable bonds is 4. The second-order valence-electron chi connectivity index (χ2n) is 6.31. The highest BCUT2D eigenvalue weighted by Gasteiger charge is 2.15. The van der Waals surface area contributed by atoms with Gasteiger partial charge in [-0.2, -0.15) is 10.1 Å². The molecule has 1 aliphatic rings. The summed E-state index contributed by atoms with van der Waals surface area (Å²) in [4.78, 5) is 11.4. The predicted molar refractivity (Wildman–Crippen MR) is 93.0 cm³/mol. The van der Waals surface area contributed by atoms with Gasteiger partial charge in [0, 0.05) is 32.5 Å². The fourth-order valence-electron chi connectivity index (χ4n) is 3.24. The number of aryl methyl sites for hydroxylation is 1. The van der Waals surface area contributed by atoms with E-state index in [2.05, 4.69) is 32.2 Å². The fraction of sp³-hybridized carbons (Fsp3) is 0.588. The van der Waals surface area contributed by atoms with Crippen LogP contribution in [-0.4, -0.2) is 32.8 Å². The van der Waals surface area contributed by atoms with Crippen molar-refractivity contribution in [1.29, 1.82) is 0 Å². The number of aromatic nitrogens is 4. The number of nitrogens with one attached hydrogen (secondary N) is 1. The molecule has 6 nitrogen and oxygen atoms in total. The first-order valence-electron chi connectivity index (χ1n) is 8.58. The number of hydrogen-bond acceptors (Lipinski definition) is 5. The fourth-order valence-corrected chi connectivity index (χ4v) is 3.24. The van der Waals surface area contributed by atoms with Crippen molar-refractivity contribution in [3.8, 4) is 0 Å². The molecule has 6 heteroatoms. The first-order valence-corrected chi connectivity index (χ1v) is 8.58. The van der Waals surface area contributed by atoms with E-state index >= 15 is 0 Å². The van der Waals surface area contributed by atoms with Gasteiger partial charge in [-0.1, -0.05) is 13.3 Å². The van der Waals surface area contributed by atoms with E-state index in [9.17, 15) is 0 Å². The normalized spacial score (nSPS) is 16.9. The van der Waals surface area contributed by atoms with Crippen molar-refractivity contribution in [2.75, 3.05) is 23.3 Å². The molecular formula is C17H26N6. The molecule has 0 aromatic carbocycles. The zero-order chi connectivity index (χ0) is 16.1. The van der Waals surface area contributed by atoms with Gasteiger partial charge in [0.25, 0.3) is 0 Å². The molecule has 0 amide bonds. The molecule has 1 fully saturated rings. The molecular weight excluding hydrogens is 288 g/mol. The van der Waals surface area contributed by atoms with Gasteiger partial charge in [-0.25, -0.2) is 4.98 Å². The average Bonchev–Trinajstić information content (AvgIpc) is 2.93. The molecule has 3 heterocycles. The zero-order valence-corrected chi connectivity index (χ0v) is 14.1. The van der Waals surface area contributed by atoms with E-state index in [1.165, 1.54) is 32.1 Å². The van der Waals surface area contributed by atoms with Gasteiger partial charge in [-0.05, 0) is 37.7 Å². The monoisotopic (exact) mass is 314 g/mol. The Morgan fingerprint density at radius 2 is 2.04 bits per heavy atom. The van der Waals surface area contributed by atoms with Gasteiger partial charge in [0.05, 0.1) is 11.9 Å². The number of hydrogen-bond donors (Lipinski definition) is 1. The summed E-state index contributed by atoms with van der Waals surface area (Å²) in [7, 11) is 1.90. The van der Waals surface area contributed by atoms with Crippen molar-refractivity contribution >= 4 is 17.5 Å². The second-order valence-corrected chi connectivity index (χ2v) is 6.31. The summed E-state index contributed by atoms with van der Waals surface area (Å²) in [5.74, 6) is 2.55. The van der Waals surface area contributed by atoms with Crippen molar-refractivity contribution in [2.24, 2.45) is 13.0 Å². The molecule has 3 rings (SSSR count). The second kappa shape index (κ2) is 7.44. The molecule has 23 heavy (non-hydrogen) atoms. The molecule has 0 bridgehead atoms. The quantitative estimate of drug-likeness (QED) is 0.937. The van der Waals surface area contributed by atoms with Crippen LogP contribution in [0, 0.1) is 5.92 Å². The number of nitrogens with zero attached hydrogens (tertiary/aromatic N) is 5. The van der Waals surface area contributed by atoms with Crippen LogP contribution in [0.1, 0.15) is 39.0 Å². The lowest BCUT2D eigenvalue weighted by atomic mass is 9.93. The molecule has 2 aromatic heterocycles. The Kier molecular flexibility index (Phi) is 5.10. The third kappa shape index (κ3) is 4.21. The smallest absolute Gasteiger partial charge is 0.229 e. The van der Waals surface area contributed by atoms with Gasteiger partial charge in [0.2, 0.25) is 5.95 Å². The maximum absolute atomic E-state index is 4.68. The zero-order valence-electron chi connectivity index (χ0n) is 14.1. The van der Waals surface area contributed by atoms with Crippen molar-refractivity contribution in [3.05, 3.63) is 24.7 Å². The summed E-state index contributed by atoms with van der Waals surface area (Å²) in [6.07, 6.45) is 12.0. The van der Waals surface area contributed by atoms with E-state index in [1.807, 2.05) is 25.5 Å². The van der Waals surface area contributed by atoms with Gasteiger partial charge in [-0.15, -0.1) is 0 Å². The van der Waals surface area contributed by atoms with Crippen molar-refractivity contribution in [2.45, 2.75) is 39.0 Å². The summed E-state index contributed by atoms with van der Waals surface area (Å²) < 4.78 is 1.76. The molecule has 1 aliphatic heterocycles. The summed E-state index contributed by atoms with van der Waals surface area (Å²) in [6.45, 7) is 4.48. The Bertz CT molecular complexity index is 613. The van der Waals surface area contributed by atoms with Gasteiger partial charge in [-0.3, -0.25) is 4.68 Å². The lowest BCUT2D eigenvalue weighted by Gasteiger charge is -2.28. The van der Waals surface area contributed by atoms with E-state index in [0.717, 1.165) is 30.5 Å². The Hall–Kier alpha value is -2.11. The molecule has 0 unspecified atom stereocenters. The third-order valence-electron chi connectivity index (χ3n) is 4.58. The van der Waals surface area contributed by atoms with Gasteiger partial charge >= 0.3 is 0 Å². The van der Waals surface area contributed by atoms with Crippen LogP contribution in [0.2, 0.25) is 0 Å². The van der Waals surface area contributed by atoms with Gasteiger partial charge < -0.3 is 10.2 Å². The molecule has 0 radical (unpaired) electrons. The van der Waals surface area contributed by atoms with Crippen LogP contribution in [-0.2, 0) is 7.05 Å².